The molecule has 0 bridgehead atoms. The van der Waals surface area contributed by atoms with E-state index in [1.165, 1.54) is 31.8 Å². The predicted octanol–water partition coefficient (Wildman–Crippen LogP) is 6.36. The maximum Gasteiger partial charge on any atom is 0.335 e. The van der Waals surface area contributed by atoms with E-state index in [4.69, 9.17) is 16.3 Å². The maximum atomic E-state index is 13.2. The van der Waals surface area contributed by atoms with Crippen LogP contribution >= 0.6 is 11.6 Å². The van der Waals surface area contributed by atoms with Gasteiger partial charge in [0.25, 0.3) is 11.8 Å². The zero-order chi connectivity index (χ0) is 24.7. The Morgan fingerprint density at radius 2 is 1.68 bits per heavy atom. The number of amides is 4. The van der Waals surface area contributed by atoms with E-state index in [9.17, 15) is 14.4 Å². The van der Waals surface area contributed by atoms with Crippen LogP contribution in [0.1, 0.15) is 62.1 Å². The first-order valence-electron chi connectivity index (χ1n) is 11.7. The average molecular weight is 483 g/mol. The van der Waals surface area contributed by atoms with Crippen LogP contribution in [0.15, 0.2) is 42.0 Å². The molecule has 6 nitrogen and oxygen atoms in total. The van der Waals surface area contributed by atoms with E-state index in [1.807, 2.05) is 19.9 Å². The highest BCUT2D eigenvalue weighted by molar-refractivity contribution is 6.39. The summed E-state index contributed by atoms with van der Waals surface area (Å²) in [5, 5.41) is 2.71. The van der Waals surface area contributed by atoms with Gasteiger partial charge in [0.15, 0.2) is 0 Å². The van der Waals surface area contributed by atoms with Crippen LogP contribution in [0.3, 0.4) is 0 Å². The number of hydrogen-bond acceptors (Lipinski definition) is 4. The molecule has 0 aliphatic carbocycles. The third-order valence-corrected chi connectivity index (χ3v) is 6.11. The highest BCUT2D eigenvalue weighted by Crippen LogP contribution is 2.29. The molecule has 0 unspecified atom stereocenters. The van der Waals surface area contributed by atoms with Crippen molar-refractivity contribution in [2.24, 2.45) is 0 Å². The number of unbranched alkanes of at least 4 members (excludes halogenated alkanes) is 5. The first-order valence-corrected chi connectivity index (χ1v) is 12.1. The van der Waals surface area contributed by atoms with Gasteiger partial charge in [0, 0.05) is 10.6 Å². The van der Waals surface area contributed by atoms with E-state index in [-0.39, 0.29) is 5.57 Å². The minimum absolute atomic E-state index is 0.162. The van der Waals surface area contributed by atoms with Crippen molar-refractivity contribution in [2.45, 2.75) is 59.3 Å². The van der Waals surface area contributed by atoms with Crippen LogP contribution < -0.4 is 15.0 Å². The lowest BCUT2D eigenvalue weighted by atomic mass is 10.0. The van der Waals surface area contributed by atoms with Crippen molar-refractivity contribution in [3.8, 4) is 5.75 Å². The van der Waals surface area contributed by atoms with Crippen molar-refractivity contribution in [1.29, 1.82) is 0 Å². The molecule has 0 aromatic heterocycles. The number of ether oxygens (including phenoxy) is 1. The summed E-state index contributed by atoms with van der Waals surface area (Å²) < 4.78 is 5.95. The van der Waals surface area contributed by atoms with Crippen LogP contribution in [0.5, 0.6) is 5.75 Å². The first kappa shape index (κ1) is 25.5. The molecular weight excluding hydrogens is 452 g/mol. The summed E-state index contributed by atoms with van der Waals surface area (Å²) in [5.41, 5.74) is 2.71. The molecular formula is C27H31ClN2O4. The Morgan fingerprint density at radius 3 is 2.41 bits per heavy atom. The van der Waals surface area contributed by atoms with Gasteiger partial charge in [0.1, 0.15) is 11.3 Å². The molecule has 1 N–H and O–H groups in total. The predicted molar refractivity (Wildman–Crippen MR) is 135 cm³/mol. The molecule has 7 heteroatoms. The average Bonchev–Trinajstić information content (AvgIpc) is 2.79. The zero-order valence-corrected chi connectivity index (χ0v) is 20.7. The summed E-state index contributed by atoms with van der Waals surface area (Å²) in [6.45, 7) is 6.55. The van der Waals surface area contributed by atoms with Crippen LogP contribution in [0, 0.1) is 13.8 Å². The number of urea groups is 1. The number of barbiturate groups is 1. The minimum atomic E-state index is -0.777. The van der Waals surface area contributed by atoms with E-state index < -0.39 is 17.8 Å². The number of carbonyl (C=O) groups is 3. The van der Waals surface area contributed by atoms with Gasteiger partial charge in [0.05, 0.1) is 12.3 Å². The Bertz CT molecular complexity index is 1110. The number of imide groups is 2. The zero-order valence-electron chi connectivity index (χ0n) is 19.9. The molecule has 1 saturated heterocycles. The smallest absolute Gasteiger partial charge is 0.335 e. The van der Waals surface area contributed by atoms with Crippen LogP contribution in [0.4, 0.5) is 10.5 Å². The lowest BCUT2D eigenvalue weighted by Crippen LogP contribution is -2.54. The number of halogens is 1. The minimum Gasteiger partial charge on any atom is -0.493 e. The van der Waals surface area contributed by atoms with E-state index in [0.717, 1.165) is 28.9 Å². The maximum absolute atomic E-state index is 13.2. The summed E-state index contributed by atoms with van der Waals surface area (Å²) in [4.78, 5) is 39.3. The normalized spacial score (nSPS) is 15.1. The molecule has 1 fully saturated rings. The Kier molecular flexibility index (Phi) is 8.88. The number of rotatable bonds is 10. The van der Waals surface area contributed by atoms with Gasteiger partial charge < -0.3 is 4.74 Å². The van der Waals surface area contributed by atoms with Gasteiger partial charge in [-0.1, -0.05) is 56.7 Å². The largest absolute Gasteiger partial charge is 0.493 e. The van der Waals surface area contributed by atoms with Crippen molar-refractivity contribution < 1.29 is 19.1 Å². The second-order valence-electron chi connectivity index (χ2n) is 8.52. The van der Waals surface area contributed by atoms with Crippen LogP contribution in [0.2, 0.25) is 5.02 Å². The Morgan fingerprint density at radius 1 is 0.941 bits per heavy atom. The Labute approximate surface area is 205 Å². The van der Waals surface area contributed by atoms with Crippen LogP contribution in [-0.4, -0.2) is 24.5 Å². The van der Waals surface area contributed by atoms with Crippen LogP contribution in [-0.2, 0) is 9.59 Å². The Hall–Kier alpha value is -3.12. The second kappa shape index (κ2) is 11.8. The fraction of sp³-hybridized carbons (Fsp3) is 0.370. The van der Waals surface area contributed by atoms with Crippen molar-refractivity contribution in [2.75, 3.05) is 11.5 Å². The lowest BCUT2D eigenvalue weighted by molar-refractivity contribution is -0.122. The van der Waals surface area contributed by atoms with Crippen molar-refractivity contribution in [1.82, 2.24) is 5.32 Å². The fourth-order valence-corrected chi connectivity index (χ4v) is 3.92. The van der Waals surface area contributed by atoms with Gasteiger partial charge in [-0.25, -0.2) is 9.69 Å². The monoisotopic (exact) mass is 482 g/mol. The number of nitrogens with zero attached hydrogens (tertiary/aromatic N) is 1. The van der Waals surface area contributed by atoms with E-state index in [0.29, 0.717) is 28.6 Å². The fourth-order valence-electron chi connectivity index (χ4n) is 3.74. The summed E-state index contributed by atoms with van der Waals surface area (Å²) in [5.74, 6) is -0.920. The van der Waals surface area contributed by atoms with E-state index in [2.05, 4.69) is 12.2 Å². The lowest BCUT2D eigenvalue weighted by Gasteiger charge is -2.27. The molecule has 1 aliphatic heterocycles. The van der Waals surface area contributed by atoms with Gasteiger partial charge in [-0.05, 0) is 67.8 Å². The van der Waals surface area contributed by atoms with E-state index in [1.54, 1.807) is 30.3 Å². The Balaban J connectivity index is 1.82. The topological polar surface area (TPSA) is 75.7 Å². The highest BCUT2D eigenvalue weighted by atomic mass is 35.5. The summed E-state index contributed by atoms with van der Waals surface area (Å²) in [7, 11) is 0. The standard InChI is InChI=1S/C27H31ClN2O4/c1-4-5-6-7-8-9-14-34-24-13-11-21(28)16-20(24)17-23-25(31)29-27(33)30(26(23)32)22-12-10-18(2)19(3)15-22/h10-13,15-17H,4-9,14H2,1-3H3,(H,29,31,33)/b23-17-. The molecule has 2 aromatic carbocycles. The van der Waals surface area contributed by atoms with E-state index >= 15 is 0 Å². The molecule has 34 heavy (non-hydrogen) atoms. The van der Waals surface area contributed by atoms with Gasteiger partial charge in [-0.3, -0.25) is 14.9 Å². The summed E-state index contributed by atoms with van der Waals surface area (Å²) >= 11 is 6.18. The van der Waals surface area contributed by atoms with Crippen molar-refractivity contribution in [3.05, 3.63) is 63.7 Å². The first-order chi connectivity index (χ1) is 16.3. The van der Waals surface area contributed by atoms with Gasteiger partial charge in [0.2, 0.25) is 0 Å². The quantitative estimate of drug-likeness (QED) is 0.243. The third kappa shape index (κ3) is 6.26. The number of aryl methyl sites for hydroxylation is 2. The number of carbonyl (C=O) groups excluding carboxylic acids is 3. The number of nitrogens with one attached hydrogen (secondary N) is 1. The summed E-state index contributed by atoms with van der Waals surface area (Å²) in [6.07, 6.45) is 8.27. The van der Waals surface area contributed by atoms with Crippen LogP contribution in [0.25, 0.3) is 6.08 Å². The van der Waals surface area contributed by atoms with Gasteiger partial charge >= 0.3 is 6.03 Å². The molecule has 0 saturated carbocycles. The van der Waals surface area contributed by atoms with Gasteiger partial charge in [-0.2, -0.15) is 0 Å². The molecule has 0 atom stereocenters. The molecule has 0 radical (unpaired) electrons. The molecule has 1 aliphatic rings. The summed E-state index contributed by atoms with van der Waals surface area (Å²) in [6, 6.07) is 9.55. The molecule has 4 amide bonds. The second-order valence-corrected chi connectivity index (χ2v) is 8.96. The molecule has 3 rings (SSSR count). The highest BCUT2D eigenvalue weighted by Gasteiger charge is 2.37. The molecule has 180 valence electrons. The van der Waals surface area contributed by atoms with Gasteiger partial charge in [-0.15, -0.1) is 0 Å². The number of anilines is 1. The SMILES string of the molecule is CCCCCCCCOc1ccc(Cl)cc1/C=C1/C(=O)NC(=O)N(c2ccc(C)c(C)c2)C1=O. The molecule has 1 heterocycles. The van der Waals surface area contributed by atoms with Crippen molar-refractivity contribution in [3.63, 3.8) is 0 Å². The van der Waals surface area contributed by atoms with Crippen molar-refractivity contribution >= 4 is 41.2 Å². The molecule has 0 spiro atoms. The third-order valence-electron chi connectivity index (χ3n) is 5.88. The molecule has 2 aromatic rings. The number of hydrogen-bond donors (Lipinski definition) is 1. The number of benzene rings is 2.